The number of carboxylic acid groups (broad SMARTS) is 1. The molecule has 124 valence electrons. The van der Waals surface area contributed by atoms with E-state index >= 15 is 0 Å². The van der Waals surface area contributed by atoms with Crippen molar-refractivity contribution in [3.05, 3.63) is 57.4 Å². The first-order chi connectivity index (χ1) is 11.3. The number of sulfonamides is 1. The van der Waals surface area contributed by atoms with E-state index < -0.39 is 16.0 Å². The van der Waals surface area contributed by atoms with Gasteiger partial charge in [0.1, 0.15) is 0 Å². The molecule has 0 unspecified atom stereocenters. The van der Waals surface area contributed by atoms with Crippen molar-refractivity contribution in [3.63, 3.8) is 0 Å². The highest BCUT2D eigenvalue weighted by Gasteiger charge is 2.17. The van der Waals surface area contributed by atoms with Gasteiger partial charge >= 0.3 is 5.97 Å². The third kappa shape index (κ3) is 3.34. The second-order valence-corrected chi connectivity index (χ2v) is 8.34. The Labute approximate surface area is 151 Å². The molecule has 2 N–H and O–H groups in total. The highest BCUT2D eigenvalue weighted by atomic mass is 35.5. The molecule has 2 aromatic carbocycles. The van der Waals surface area contributed by atoms with Crippen LogP contribution in [0.15, 0.2) is 46.7 Å². The van der Waals surface area contributed by atoms with Gasteiger partial charge in [-0.15, -0.1) is 11.3 Å². The van der Waals surface area contributed by atoms with Crippen molar-refractivity contribution >= 4 is 66.3 Å². The average Bonchev–Trinajstić information content (AvgIpc) is 2.89. The smallest absolute Gasteiger partial charge is 0.337 e. The summed E-state index contributed by atoms with van der Waals surface area (Å²) in [5.74, 6) is -1.02. The molecular formula is C15H9Cl2NO4S2. The number of thiophene rings is 1. The van der Waals surface area contributed by atoms with E-state index in [1.54, 1.807) is 12.1 Å². The first-order valence-corrected chi connectivity index (χ1v) is 9.61. The molecule has 24 heavy (non-hydrogen) atoms. The lowest BCUT2D eigenvalue weighted by Crippen LogP contribution is -2.12. The Morgan fingerprint density at radius 1 is 1.08 bits per heavy atom. The third-order valence-corrected chi connectivity index (χ3v) is 5.95. The Hall–Kier alpha value is -1.80. The predicted molar refractivity (Wildman–Crippen MR) is 96.1 cm³/mol. The number of aromatic carboxylic acids is 1. The number of nitrogens with one attached hydrogen (secondary N) is 1. The van der Waals surface area contributed by atoms with Gasteiger partial charge in [-0.3, -0.25) is 4.72 Å². The van der Waals surface area contributed by atoms with Crippen molar-refractivity contribution in [2.24, 2.45) is 0 Å². The molecule has 0 saturated heterocycles. The Balaban J connectivity index is 1.98. The summed E-state index contributed by atoms with van der Waals surface area (Å²) in [4.78, 5) is 11.1. The van der Waals surface area contributed by atoms with Gasteiger partial charge in [0.25, 0.3) is 10.0 Å². The van der Waals surface area contributed by atoms with E-state index in [1.807, 2.05) is 0 Å². The van der Waals surface area contributed by atoms with Crippen molar-refractivity contribution in [2.75, 3.05) is 4.72 Å². The molecule has 0 aliphatic carbocycles. The highest BCUT2D eigenvalue weighted by molar-refractivity contribution is 7.92. The van der Waals surface area contributed by atoms with Crippen molar-refractivity contribution in [1.29, 1.82) is 0 Å². The van der Waals surface area contributed by atoms with Crippen LogP contribution in [0.2, 0.25) is 10.0 Å². The van der Waals surface area contributed by atoms with Crippen molar-refractivity contribution in [2.45, 2.75) is 4.90 Å². The lowest BCUT2D eigenvalue weighted by molar-refractivity contribution is 0.0699. The number of carboxylic acids is 1. The monoisotopic (exact) mass is 401 g/mol. The zero-order valence-electron chi connectivity index (χ0n) is 11.8. The summed E-state index contributed by atoms with van der Waals surface area (Å²) in [5.41, 5.74) is 0.503. The van der Waals surface area contributed by atoms with Crippen molar-refractivity contribution in [1.82, 2.24) is 0 Å². The van der Waals surface area contributed by atoms with E-state index in [9.17, 15) is 13.2 Å². The first-order valence-electron chi connectivity index (χ1n) is 6.50. The molecule has 0 aliphatic heterocycles. The molecule has 0 radical (unpaired) electrons. The van der Waals surface area contributed by atoms with Gasteiger partial charge in [-0.1, -0.05) is 29.3 Å². The number of benzene rings is 2. The number of anilines is 1. The van der Waals surface area contributed by atoms with Crippen LogP contribution in [0.25, 0.3) is 10.1 Å². The molecule has 0 atom stereocenters. The van der Waals surface area contributed by atoms with Crippen LogP contribution in [0.3, 0.4) is 0 Å². The molecule has 0 aliphatic rings. The molecule has 3 rings (SSSR count). The molecule has 0 fully saturated rings. The van der Waals surface area contributed by atoms with Crippen molar-refractivity contribution < 1.29 is 18.3 Å². The number of rotatable bonds is 4. The Bertz CT molecular complexity index is 1040. The SMILES string of the molecule is O=C(O)c1csc2cc(NS(=O)(=O)c3cc(Cl)cc(Cl)c3)ccc12. The summed E-state index contributed by atoms with van der Waals surface area (Å²) in [7, 11) is -3.87. The van der Waals surface area contributed by atoms with Crippen LogP contribution in [0.4, 0.5) is 5.69 Å². The minimum Gasteiger partial charge on any atom is -0.478 e. The van der Waals surface area contributed by atoms with E-state index in [-0.39, 0.29) is 20.5 Å². The Morgan fingerprint density at radius 3 is 2.38 bits per heavy atom. The van der Waals surface area contributed by atoms with Gasteiger partial charge in [0.2, 0.25) is 0 Å². The molecule has 0 saturated carbocycles. The second kappa shape index (κ2) is 6.25. The maximum Gasteiger partial charge on any atom is 0.337 e. The van der Waals surface area contributed by atoms with Crippen LogP contribution in [-0.2, 0) is 10.0 Å². The van der Waals surface area contributed by atoms with Gasteiger partial charge in [0.05, 0.1) is 16.1 Å². The number of fused-ring (bicyclic) bond motifs is 1. The molecule has 3 aromatic rings. The zero-order chi connectivity index (χ0) is 17.5. The zero-order valence-corrected chi connectivity index (χ0v) is 14.9. The lowest BCUT2D eigenvalue weighted by Gasteiger charge is -2.09. The minimum absolute atomic E-state index is 0.0579. The minimum atomic E-state index is -3.87. The summed E-state index contributed by atoms with van der Waals surface area (Å²) in [5, 5.41) is 11.6. The average molecular weight is 402 g/mol. The van der Waals surface area contributed by atoms with Crippen LogP contribution in [0, 0.1) is 0 Å². The van der Waals surface area contributed by atoms with E-state index in [2.05, 4.69) is 4.72 Å². The number of hydrogen-bond donors (Lipinski definition) is 2. The molecule has 0 amide bonds. The van der Waals surface area contributed by atoms with Gasteiger partial charge < -0.3 is 5.11 Å². The fourth-order valence-electron chi connectivity index (χ4n) is 2.16. The molecule has 0 bridgehead atoms. The summed E-state index contributed by atoms with van der Waals surface area (Å²) in [6.45, 7) is 0. The van der Waals surface area contributed by atoms with E-state index in [0.717, 1.165) is 0 Å². The van der Waals surface area contributed by atoms with Crippen LogP contribution in [-0.4, -0.2) is 19.5 Å². The number of hydrogen-bond acceptors (Lipinski definition) is 4. The summed E-state index contributed by atoms with van der Waals surface area (Å²) >= 11 is 12.9. The van der Waals surface area contributed by atoms with Crippen molar-refractivity contribution in [3.8, 4) is 0 Å². The summed E-state index contributed by atoms with van der Waals surface area (Å²) in [6, 6.07) is 8.68. The summed E-state index contributed by atoms with van der Waals surface area (Å²) in [6.07, 6.45) is 0. The number of carbonyl (C=O) groups is 1. The van der Waals surface area contributed by atoms with Gasteiger partial charge in [0.15, 0.2) is 0 Å². The van der Waals surface area contributed by atoms with Crippen LogP contribution in [0.5, 0.6) is 0 Å². The quantitative estimate of drug-likeness (QED) is 0.662. The molecule has 9 heteroatoms. The molecule has 1 aromatic heterocycles. The van der Waals surface area contributed by atoms with Gasteiger partial charge in [-0.05, 0) is 30.3 Å². The normalized spacial score (nSPS) is 11.6. The molecule has 1 heterocycles. The second-order valence-electron chi connectivity index (χ2n) is 4.88. The highest BCUT2D eigenvalue weighted by Crippen LogP contribution is 2.30. The Morgan fingerprint density at radius 2 is 1.75 bits per heavy atom. The summed E-state index contributed by atoms with van der Waals surface area (Å²) < 4.78 is 28.0. The standard InChI is InChI=1S/C15H9Cl2NO4S2/c16-8-3-9(17)5-11(4-8)24(21,22)18-10-1-2-12-13(15(19)20)7-23-14(12)6-10/h1-7,18H,(H,19,20). The van der Waals surface area contributed by atoms with Crippen LogP contribution >= 0.6 is 34.5 Å². The third-order valence-electron chi connectivity index (χ3n) is 3.20. The fourth-order valence-corrected chi connectivity index (χ4v) is 4.90. The van der Waals surface area contributed by atoms with Gasteiger partial charge in [0, 0.05) is 25.5 Å². The Kier molecular flexibility index (Phi) is 4.44. The van der Waals surface area contributed by atoms with Crippen LogP contribution < -0.4 is 4.72 Å². The largest absolute Gasteiger partial charge is 0.478 e. The fraction of sp³-hybridized carbons (Fsp3) is 0. The number of halogens is 2. The molecular weight excluding hydrogens is 393 g/mol. The predicted octanol–water partition coefficient (Wildman–Crippen LogP) is 4.71. The van der Waals surface area contributed by atoms with Crippen LogP contribution in [0.1, 0.15) is 10.4 Å². The maximum atomic E-state index is 12.4. The van der Waals surface area contributed by atoms with E-state index in [4.69, 9.17) is 28.3 Å². The first kappa shape index (κ1) is 17.0. The maximum absolute atomic E-state index is 12.4. The molecule has 0 spiro atoms. The topological polar surface area (TPSA) is 83.5 Å². The lowest BCUT2D eigenvalue weighted by atomic mass is 10.2. The van der Waals surface area contributed by atoms with Gasteiger partial charge in [-0.25, -0.2) is 13.2 Å². The van der Waals surface area contributed by atoms with Gasteiger partial charge in [-0.2, -0.15) is 0 Å². The van der Waals surface area contributed by atoms with E-state index in [1.165, 1.54) is 41.0 Å². The van der Waals surface area contributed by atoms with E-state index in [0.29, 0.717) is 15.8 Å². The molecule has 5 nitrogen and oxygen atoms in total.